The second-order valence-corrected chi connectivity index (χ2v) is 9.23. The van der Waals surface area contributed by atoms with Crippen LogP contribution < -0.4 is 0 Å². The molecule has 0 bridgehead atoms. The molecule has 0 saturated carbocycles. The molecule has 30 heavy (non-hydrogen) atoms. The molecule has 2 aromatic heterocycles. The first-order valence-corrected chi connectivity index (χ1v) is 12.6. The van der Waals surface area contributed by atoms with Crippen molar-refractivity contribution in [2.24, 2.45) is 23.7 Å². The molecule has 0 spiro atoms. The SMILES string of the molecule is C=C[C@@H](CC)[C@@H](C)CSc1ncccn1.C=C[C@H](CC)[C@H](C)CSc1ncccn1. The summed E-state index contributed by atoms with van der Waals surface area (Å²) in [6.45, 7) is 16.6. The Morgan fingerprint density at radius 1 is 0.733 bits per heavy atom. The van der Waals surface area contributed by atoms with Gasteiger partial charge in [0.2, 0.25) is 0 Å². The Hall–Kier alpha value is -1.66. The predicted octanol–water partition coefficient (Wildman–Crippen LogP) is 6.83. The van der Waals surface area contributed by atoms with Crippen molar-refractivity contribution in [3.8, 4) is 0 Å². The Morgan fingerprint density at radius 3 is 1.33 bits per heavy atom. The second-order valence-electron chi connectivity index (χ2n) is 7.25. The highest BCUT2D eigenvalue weighted by Crippen LogP contribution is 2.24. The molecule has 164 valence electrons. The number of nitrogens with zero attached hydrogens (tertiary/aromatic N) is 4. The zero-order chi connectivity index (χ0) is 22.2. The van der Waals surface area contributed by atoms with Gasteiger partial charge < -0.3 is 0 Å². The van der Waals surface area contributed by atoms with E-state index in [-0.39, 0.29) is 0 Å². The lowest BCUT2D eigenvalue weighted by atomic mass is 9.93. The van der Waals surface area contributed by atoms with Crippen molar-refractivity contribution in [3.05, 3.63) is 62.2 Å². The molecule has 0 radical (unpaired) electrons. The molecule has 2 heterocycles. The predicted molar refractivity (Wildman–Crippen MR) is 132 cm³/mol. The number of hydrogen-bond acceptors (Lipinski definition) is 6. The zero-order valence-corrected chi connectivity index (χ0v) is 20.4. The molecular weight excluding hydrogens is 408 g/mol. The van der Waals surface area contributed by atoms with E-state index in [0.29, 0.717) is 23.7 Å². The number of aromatic nitrogens is 4. The van der Waals surface area contributed by atoms with E-state index in [9.17, 15) is 0 Å². The standard InChI is InChI=1S/2C12H18N2S/c2*1-4-11(5-2)10(3)9-15-12-13-7-6-8-14-12/h2*4,6-8,10-11H,1,5,9H2,2-3H3/t2*10-,11-/m10/s1. The van der Waals surface area contributed by atoms with E-state index in [2.05, 4.69) is 72.9 Å². The summed E-state index contributed by atoms with van der Waals surface area (Å²) in [6, 6.07) is 3.68. The van der Waals surface area contributed by atoms with Gasteiger partial charge in [-0.3, -0.25) is 0 Å². The summed E-state index contributed by atoms with van der Waals surface area (Å²) in [5.41, 5.74) is 0. The summed E-state index contributed by atoms with van der Waals surface area (Å²) >= 11 is 3.44. The van der Waals surface area contributed by atoms with Crippen LogP contribution in [0, 0.1) is 23.7 Å². The largest absolute Gasteiger partial charge is 0.231 e. The fraction of sp³-hybridized carbons (Fsp3) is 0.500. The summed E-state index contributed by atoms with van der Waals surface area (Å²) in [5.74, 6) is 4.55. The number of hydrogen-bond donors (Lipinski definition) is 0. The van der Waals surface area contributed by atoms with Gasteiger partial charge in [-0.15, -0.1) is 13.2 Å². The molecule has 0 fully saturated rings. The third-order valence-electron chi connectivity index (χ3n) is 5.04. The average molecular weight is 445 g/mol. The Labute approximate surface area is 191 Å². The second kappa shape index (κ2) is 16.1. The number of rotatable bonds is 12. The summed E-state index contributed by atoms with van der Waals surface area (Å²) in [7, 11) is 0. The van der Waals surface area contributed by atoms with Crippen LogP contribution in [0.5, 0.6) is 0 Å². The maximum Gasteiger partial charge on any atom is 0.187 e. The van der Waals surface area contributed by atoms with Crippen molar-refractivity contribution < 1.29 is 0 Å². The molecule has 0 N–H and O–H groups in total. The van der Waals surface area contributed by atoms with Crippen molar-refractivity contribution in [1.82, 2.24) is 19.9 Å². The monoisotopic (exact) mass is 444 g/mol. The lowest BCUT2D eigenvalue weighted by Gasteiger charge is -2.17. The molecule has 0 aliphatic heterocycles. The molecule has 0 amide bonds. The van der Waals surface area contributed by atoms with Crippen molar-refractivity contribution >= 4 is 23.5 Å². The highest BCUT2D eigenvalue weighted by atomic mass is 32.2. The van der Waals surface area contributed by atoms with Crippen LogP contribution in [-0.2, 0) is 0 Å². The highest BCUT2D eigenvalue weighted by Gasteiger charge is 2.13. The minimum atomic E-state index is 0.598. The molecule has 6 heteroatoms. The van der Waals surface area contributed by atoms with E-state index < -0.39 is 0 Å². The van der Waals surface area contributed by atoms with Gasteiger partial charge in [-0.05, 0) is 48.6 Å². The smallest absolute Gasteiger partial charge is 0.187 e. The minimum absolute atomic E-state index is 0.598. The van der Waals surface area contributed by atoms with Gasteiger partial charge in [-0.2, -0.15) is 0 Å². The molecule has 0 aliphatic rings. The van der Waals surface area contributed by atoms with Gasteiger partial charge in [0, 0.05) is 36.3 Å². The first-order valence-electron chi connectivity index (χ1n) is 10.6. The Morgan fingerprint density at radius 2 is 1.07 bits per heavy atom. The third kappa shape index (κ3) is 10.4. The molecule has 0 aliphatic carbocycles. The average Bonchev–Trinajstić information content (AvgIpc) is 2.80. The van der Waals surface area contributed by atoms with Crippen LogP contribution in [0.25, 0.3) is 0 Å². The Bertz CT molecular complexity index is 635. The minimum Gasteiger partial charge on any atom is -0.231 e. The van der Waals surface area contributed by atoms with E-state index in [1.165, 1.54) is 0 Å². The van der Waals surface area contributed by atoms with Crippen LogP contribution in [0.4, 0.5) is 0 Å². The third-order valence-corrected chi connectivity index (χ3v) is 7.37. The van der Waals surface area contributed by atoms with E-state index in [0.717, 1.165) is 34.7 Å². The molecular formula is C24H36N4S2. The molecule has 0 aromatic carbocycles. The summed E-state index contributed by atoms with van der Waals surface area (Å²) in [4.78, 5) is 16.8. The fourth-order valence-electron chi connectivity index (χ4n) is 2.98. The van der Waals surface area contributed by atoms with Crippen LogP contribution in [-0.4, -0.2) is 31.4 Å². The molecule has 2 rings (SSSR count). The van der Waals surface area contributed by atoms with Gasteiger partial charge in [0.1, 0.15) is 0 Å². The van der Waals surface area contributed by atoms with Gasteiger partial charge >= 0.3 is 0 Å². The zero-order valence-electron chi connectivity index (χ0n) is 18.8. The topological polar surface area (TPSA) is 51.6 Å². The molecule has 2 aromatic rings. The summed E-state index contributed by atoms with van der Waals surface area (Å²) in [6.07, 6.45) is 13.5. The van der Waals surface area contributed by atoms with Crippen LogP contribution in [0.3, 0.4) is 0 Å². The van der Waals surface area contributed by atoms with Gasteiger partial charge in [0.05, 0.1) is 0 Å². The van der Waals surface area contributed by atoms with E-state index in [4.69, 9.17) is 0 Å². The normalized spacial score (nSPS) is 14.5. The van der Waals surface area contributed by atoms with Crippen molar-refractivity contribution in [3.63, 3.8) is 0 Å². The van der Waals surface area contributed by atoms with Crippen LogP contribution in [0.15, 0.2) is 72.5 Å². The van der Waals surface area contributed by atoms with E-state index in [1.807, 2.05) is 12.1 Å². The Balaban J connectivity index is 0.000000300. The van der Waals surface area contributed by atoms with Crippen molar-refractivity contribution in [2.45, 2.75) is 50.8 Å². The van der Waals surface area contributed by atoms with Crippen molar-refractivity contribution in [1.29, 1.82) is 0 Å². The number of allylic oxidation sites excluding steroid dienone is 2. The lowest BCUT2D eigenvalue weighted by molar-refractivity contribution is 0.461. The quantitative estimate of drug-likeness (QED) is 0.203. The van der Waals surface area contributed by atoms with Gasteiger partial charge in [-0.1, -0.05) is 63.4 Å². The first-order chi connectivity index (χ1) is 14.5. The Kier molecular flexibility index (Phi) is 14.1. The molecule has 4 nitrogen and oxygen atoms in total. The van der Waals surface area contributed by atoms with Crippen molar-refractivity contribution in [2.75, 3.05) is 11.5 Å². The molecule has 4 atom stereocenters. The maximum absolute atomic E-state index is 4.19. The fourth-order valence-corrected chi connectivity index (χ4v) is 4.84. The van der Waals surface area contributed by atoms with Crippen LogP contribution >= 0.6 is 23.5 Å². The first kappa shape index (κ1) is 26.4. The van der Waals surface area contributed by atoms with E-state index in [1.54, 1.807) is 48.3 Å². The number of thioether (sulfide) groups is 2. The summed E-state index contributed by atoms with van der Waals surface area (Å²) in [5, 5.41) is 1.73. The van der Waals surface area contributed by atoms with Gasteiger partial charge in [0.15, 0.2) is 10.3 Å². The van der Waals surface area contributed by atoms with Gasteiger partial charge in [-0.25, -0.2) is 19.9 Å². The molecule has 0 saturated heterocycles. The summed E-state index contributed by atoms with van der Waals surface area (Å²) < 4.78 is 0. The lowest BCUT2D eigenvalue weighted by Crippen LogP contribution is -2.10. The van der Waals surface area contributed by atoms with Crippen LogP contribution in [0.1, 0.15) is 40.5 Å². The van der Waals surface area contributed by atoms with E-state index >= 15 is 0 Å². The molecule has 0 unspecified atom stereocenters. The van der Waals surface area contributed by atoms with Gasteiger partial charge in [0.25, 0.3) is 0 Å². The van der Waals surface area contributed by atoms with Crippen LogP contribution in [0.2, 0.25) is 0 Å². The maximum atomic E-state index is 4.19. The highest BCUT2D eigenvalue weighted by molar-refractivity contribution is 7.99.